The molecule has 0 unspecified atom stereocenters. The highest BCUT2D eigenvalue weighted by Gasteiger charge is 2.27. The first-order chi connectivity index (χ1) is 8.27. The fraction of sp³-hybridized carbons (Fsp3) is 0.385. The smallest absolute Gasteiger partial charge is 0.257 e. The molecule has 0 fully saturated rings. The summed E-state index contributed by atoms with van der Waals surface area (Å²) in [5.41, 5.74) is 0.0201. The summed E-state index contributed by atoms with van der Waals surface area (Å²) in [6.45, 7) is 9.96. The van der Waals surface area contributed by atoms with Crippen LogP contribution in [-0.4, -0.2) is 27.9 Å². The van der Waals surface area contributed by atoms with Gasteiger partial charge in [-0.05, 0) is 32.9 Å². The predicted molar refractivity (Wildman–Crippen MR) is 75.2 cm³/mol. The van der Waals surface area contributed by atoms with Crippen LogP contribution in [0, 0.1) is 0 Å². The molecule has 1 heterocycles. The quantitative estimate of drug-likeness (QED) is 0.625. The van der Waals surface area contributed by atoms with Crippen molar-refractivity contribution in [3.8, 4) is 0 Å². The highest BCUT2D eigenvalue weighted by Crippen LogP contribution is 2.22. The van der Waals surface area contributed by atoms with Crippen LogP contribution in [0.4, 0.5) is 0 Å². The molecule has 0 bridgehead atoms. The zero-order chi connectivity index (χ0) is 13.9. The number of nitrogens with zero attached hydrogens (tertiary/aromatic N) is 2. The first-order valence-corrected chi connectivity index (χ1v) is 6.28. The Morgan fingerprint density at radius 2 is 2.06 bits per heavy atom. The summed E-state index contributed by atoms with van der Waals surface area (Å²) in [6.07, 6.45) is 1.68. The minimum atomic E-state index is -0.325. The molecule has 0 spiro atoms. The van der Waals surface area contributed by atoms with Gasteiger partial charge in [-0.2, -0.15) is 0 Å². The fourth-order valence-corrected chi connectivity index (χ4v) is 1.93. The minimum Gasteiger partial charge on any atom is -0.330 e. The van der Waals surface area contributed by atoms with Crippen molar-refractivity contribution in [2.75, 3.05) is 6.54 Å². The molecule has 0 radical (unpaired) electrons. The van der Waals surface area contributed by atoms with Gasteiger partial charge in [0.05, 0.1) is 5.56 Å². The van der Waals surface area contributed by atoms with Crippen LogP contribution >= 0.6 is 23.2 Å². The van der Waals surface area contributed by atoms with Crippen molar-refractivity contribution >= 4 is 29.1 Å². The zero-order valence-electron chi connectivity index (χ0n) is 10.7. The molecule has 5 heteroatoms. The molecular weight excluding hydrogens is 271 g/mol. The average molecular weight is 287 g/mol. The highest BCUT2D eigenvalue weighted by molar-refractivity contribution is 6.34. The first kappa shape index (κ1) is 15.0. The Kier molecular flexibility index (Phi) is 4.77. The van der Waals surface area contributed by atoms with Crippen molar-refractivity contribution in [3.63, 3.8) is 0 Å². The van der Waals surface area contributed by atoms with E-state index in [1.807, 2.05) is 20.8 Å². The molecule has 1 aromatic heterocycles. The van der Waals surface area contributed by atoms with Crippen LogP contribution in [0.1, 0.15) is 31.1 Å². The van der Waals surface area contributed by atoms with Gasteiger partial charge < -0.3 is 4.90 Å². The summed E-state index contributed by atoms with van der Waals surface area (Å²) >= 11 is 11.7. The number of carbonyl (C=O) groups excluding carboxylic acids is 1. The maximum atomic E-state index is 12.4. The summed E-state index contributed by atoms with van der Waals surface area (Å²) in [7, 11) is 0. The van der Waals surface area contributed by atoms with Gasteiger partial charge in [0.25, 0.3) is 5.91 Å². The van der Waals surface area contributed by atoms with Crippen molar-refractivity contribution in [2.45, 2.75) is 26.3 Å². The van der Waals surface area contributed by atoms with Crippen molar-refractivity contribution < 1.29 is 4.79 Å². The molecule has 0 aromatic carbocycles. The summed E-state index contributed by atoms with van der Waals surface area (Å²) in [5.74, 6) is -0.184. The lowest BCUT2D eigenvalue weighted by Crippen LogP contribution is -2.45. The summed E-state index contributed by atoms with van der Waals surface area (Å²) in [4.78, 5) is 18.0. The van der Waals surface area contributed by atoms with Crippen LogP contribution < -0.4 is 0 Å². The molecule has 0 saturated carbocycles. The third-order valence-electron chi connectivity index (χ3n) is 2.41. The van der Waals surface area contributed by atoms with Crippen LogP contribution in [0.3, 0.4) is 0 Å². The Balaban J connectivity index is 3.14. The molecular formula is C13H16Cl2N2O. The molecule has 0 aliphatic rings. The molecule has 18 heavy (non-hydrogen) atoms. The van der Waals surface area contributed by atoms with Crippen LogP contribution in [0.5, 0.6) is 0 Å². The van der Waals surface area contributed by atoms with Crippen LogP contribution in [0.25, 0.3) is 0 Å². The van der Waals surface area contributed by atoms with E-state index in [-0.39, 0.29) is 21.8 Å². The highest BCUT2D eigenvalue weighted by atomic mass is 35.5. The Hall–Kier alpha value is -1.06. The molecule has 0 saturated heterocycles. The third kappa shape index (κ3) is 3.47. The Labute approximate surface area is 117 Å². The van der Waals surface area contributed by atoms with Gasteiger partial charge in [0, 0.05) is 12.1 Å². The molecule has 0 aliphatic heterocycles. The lowest BCUT2D eigenvalue weighted by Gasteiger charge is -2.35. The van der Waals surface area contributed by atoms with Gasteiger partial charge >= 0.3 is 0 Å². The number of amides is 1. The monoisotopic (exact) mass is 286 g/mol. The Morgan fingerprint density at radius 3 is 2.50 bits per heavy atom. The second kappa shape index (κ2) is 5.72. The molecule has 0 atom stereocenters. The Bertz CT molecular complexity index is 467. The van der Waals surface area contributed by atoms with E-state index in [4.69, 9.17) is 23.2 Å². The zero-order valence-corrected chi connectivity index (χ0v) is 12.2. The molecule has 3 nitrogen and oxygen atoms in total. The normalized spacial score (nSPS) is 11.2. The number of aromatic nitrogens is 1. The fourth-order valence-electron chi connectivity index (χ4n) is 1.51. The molecule has 98 valence electrons. The molecule has 1 aromatic rings. The minimum absolute atomic E-state index is 0.116. The average Bonchev–Trinajstić information content (AvgIpc) is 2.23. The molecule has 0 N–H and O–H groups in total. The van der Waals surface area contributed by atoms with E-state index in [2.05, 4.69) is 11.6 Å². The van der Waals surface area contributed by atoms with E-state index >= 15 is 0 Å². The lowest BCUT2D eigenvalue weighted by atomic mass is 10.0. The van der Waals surface area contributed by atoms with Gasteiger partial charge in [0.15, 0.2) is 0 Å². The van der Waals surface area contributed by atoms with Gasteiger partial charge in [-0.25, -0.2) is 4.98 Å². The van der Waals surface area contributed by atoms with Crippen LogP contribution in [-0.2, 0) is 0 Å². The number of pyridine rings is 1. The third-order valence-corrected chi connectivity index (χ3v) is 2.91. The SMILES string of the molecule is C=CCN(C(=O)c1ccc(Cl)nc1Cl)C(C)(C)C. The summed E-state index contributed by atoms with van der Waals surface area (Å²) in [5, 5.41) is 0.383. The van der Waals surface area contributed by atoms with Crippen LogP contribution in [0.15, 0.2) is 24.8 Å². The van der Waals surface area contributed by atoms with E-state index in [1.165, 1.54) is 0 Å². The van der Waals surface area contributed by atoms with Gasteiger partial charge in [0.1, 0.15) is 10.3 Å². The second-order valence-corrected chi connectivity index (χ2v) is 5.59. The topological polar surface area (TPSA) is 33.2 Å². The van der Waals surface area contributed by atoms with Gasteiger partial charge in [-0.1, -0.05) is 29.3 Å². The van der Waals surface area contributed by atoms with E-state index in [0.717, 1.165) is 0 Å². The first-order valence-electron chi connectivity index (χ1n) is 5.52. The van der Waals surface area contributed by atoms with E-state index in [1.54, 1.807) is 23.1 Å². The van der Waals surface area contributed by atoms with Gasteiger partial charge in [0.2, 0.25) is 0 Å². The number of hydrogen-bond donors (Lipinski definition) is 0. The van der Waals surface area contributed by atoms with E-state index in [0.29, 0.717) is 12.1 Å². The van der Waals surface area contributed by atoms with E-state index < -0.39 is 0 Å². The largest absolute Gasteiger partial charge is 0.330 e. The van der Waals surface area contributed by atoms with Crippen molar-refractivity contribution in [3.05, 3.63) is 40.7 Å². The Morgan fingerprint density at radius 1 is 1.44 bits per heavy atom. The molecule has 1 amide bonds. The van der Waals surface area contributed by atoms with E-state index in [9.17, 15) is 4.79 Å². The van der Waals surface area contributed by atoms with Gasteiger partial charge in [-0.15, -0.1) is 6.58 Å². The van der Waals surface area contributed by atoms with Crippen molar-refractivity contribution in [1.82, 2.24) is 9.88 Å². The molecule has 1 rings (SSSR count). The summed E-state index contributed by atoms with van der Waals surface area (Å²) in [6, 6.07) is 3.14. The van der Waals surface area contributed by atoms with Crippen molar-refractivity contribution in [2.24, 2.45) is 0 Å². The number of rotatable bonds is 3. The number of hydrogen-bond acceptors (Lipinski definition) is 2. The maximum absolute atomic E-state index is 12.4. The lowest BCUT2D eigenvalue weighted by molar-refractivity contribution is 0.0616. The van der Waals surface area contributed by atoms with Crippen molar-refractivity contribution in [1.29, 1.82) is 0 Å². The molecule has 0 aliphatic carbocycles. The second-order valence-electron chi connectivity index (χ2n) is 4.85. The number of halogens is 2. The predicted octanol–water partition coefficient (Wildman–Crippen LogP) is 3.82. The summed E-state index contributed by atoms with van der Waals surface area (Å²) < 4.78 is 0. The van der Waals surface area contributed by atoms with Gasteiger partial charge in [-0.3, -0.25) is 4.79 Å². The standard InChI is InChI=1S/C13H16Cl2N2O/c1-5-8-17(13(2,3)4)12(18)9-6-7-10(14)16-11(9)15/h5-7H,1,8H2,2-4H3. The number of carbonyl (C=O) groups is 1. The van der Waals surface area contributed by atoms with Crippen LogP contribution in [0.2, 0.25) is 10.3 Å². The maximum Gasteiger partial charge on any atom is 0.257 e.